The fourth-order valence-corrected chi connectivity index (χ4v) is 0.866. The normalized spacial score (nSPS) is 10.6. The molecule has 0 bridgehead atoms. The Hall–Kier alpha value is -1.32. The highest BCUT2D eigenvalue weighted by atomic mass is 16.4. The zero-order valence-corrected chi connectivity index (χ0v) is 7.96. The fraction of sp³-hybridized carbons (Fsp3) is 0.556. The largest absolute Gasteiger partial charge is 0.481 e. The monoisotopic (exact) mass is 185 g/mol. The SMILES string of the molecule is C=CC(=O)NC(C)(C)CCC(=O)O. The van der Waals surface area contributed by atoms with Crippen LogP contribution < -0.4 is 5.32 Å². The van der Waals surface area contributed by atoms with Crippen molar-refractivity contribution >= 4 is 11.9 Å². The van der Waals surface area contributed by atoms with Gasteiger partial charge < -0.3 is 10.4 Å². The van der Waals surface area contributed by atoms with Gasteiger partial charge in [0.2, 0.25) is 5.91 Å². The molecule has 0 unspecified atom stereocenters. The van der Waals surface area contributed by atoms with Gasteiger partial charge in [-0.15, -0.1) is 0 Å². The average Bonchev–Trinajstić information content (AvgIpc) is 2.00. The molecule has 0 heterocycles. The highest BCUT2D eigenvalue weighted by Gasteiger charge is 2.19. The van der Waals surface area contributed by atoms with Gasteiger partial charge in [0, 0.05) is 12.0 Å². The van der Waals surface area contributed by atoms with Crippen LogP contribution in [0.2, 0.25) is 0 Å². The number of amides is 1. The lowest BCUT2D eigenvalue weighted by Gasteiger charge is -2.24. The molecule has 0 aliphatic heterocycles. The van der Waals surface area contributed by atoms with Gasteiger partial charge >= 0.3 is 5.97 Å². The number of hydrogen-bond donors (Lipinski definition) is 2. The maximum atomic E-state index is 10.9. The first-order valence-corrected chi connectivity index (χ1v) is 4.04. The molecule has 0 spiro atoms. The third-order valence-corrected chi connectivity index (χ3v) is 1.61. The molecule has 0 atom stereocenters. The average molecular weight is 185 g/mol. The quantitative estimate of drug-likeness (QED) is 0.626. The number of carboxylic acids is 1. The maximum absolute atomic E-state index is 10.9. The van der Waals surface area contributed by atoms with E-state index in [1.54, 1.807) is 13.8 Å². The first-order valence-electron chi connectivity index (χ1n) is 4.04. The fourth-order valence-electron chi connectivity index (χ4n) is 0.866. The van der Waals surface area contributed by atoms with Gasteiger partial charge in [-0.05, 0) is 26.3 Å². The molecule has 0 radical (unpaired) electrons. The second-order valence-corrected chi connectivity index (χ2v) is 3.47. The number of carboxylic acid groups (broad SMARTS) is 1. The summed E-state index contributed by atoms with van der Waals surface area (Å²) in [5.74, 6) is -1.14. The predicted molar refractivity (Wildman–Crippen MR) is 49.3 cm³/mol. The molecule has 4 heteroatoms. The summed E-state index contributed by atoms with van der Waals surface area (Å²) in [6.45, 7) is 6.86. The van der Waals surface area contributed by atoms with Crippen molar-refractivity contribution in [2.75, 3.05) is 0 Å². The van der Waals surface area contributed by atoms with E-state index in [0.717, 1.165) is 0 Å². The summed E-state index contributed by atoms with van der Waals surface area (Å²) in [6, 6.07) is 0. The molecule has 74 valence electrons. The molecule has 0 saturated carbocycles. The molecule has 0 rings (SSSR count). The van der Waals surface area contributed by atoms with Crippen LogP contribution in [0.5, 0.6) is 0 Å². The maximum Gasteiger partial charge on any atom is 0.303 e. The molecule has 0 saturated heterocycles. The summed E-state index contributed by atoms with van der Waals surface area (Å²) in [4.78, 5) is 21.2. The Morgan fingerprint density at radius 3 is 2.46 bits per heavy atom. The first-order chi connectivity index (χ1) is 5.87. The van der Waals surface area contributed by atoms with E-state index in [-0.39, 0.29) is 12.3 Å². The van der Waals surface area contributed by atoms with Crippen LogP contribution in [0.15, 0.2) is 12.7 Å². The van der Waals surface area contributed by atoms with E-state index in [9.17, 15) is 9.59 Å². The van der Waals surface area contributed by atoms with Gasteiger partial charge in [0.15, 0.2) is 0 Å². The molecule has 1 amide bonds. The summed E-state index contributed by atoms with van der Waals surface area (Å²) < 4.78 is 0. The van der Waals surface area contributed by atoms with Gasteiger partial charge in [-0.25, -0.2) is 0 Å². The lowest BCUT2D eigenvalue weighted by molar-refractivity contribution is -0.137. The van der Waals surface area contributed by atoms with Gasteiger partial charge in [0.1, 0.15) is 0 Å². The van der Waals surface area contributed by atoms with Gasteiger partial charge in [-0.2, -0.15) is 0 Å². The van der Waals surface area contributed by atoms with E-state index in [0.29, 0.717) is 6.42 Å². The Morgan fingerprint density at radius 1 is 1.54 bits per heavy atom. The van der Waals surface area contributed by atoms with Crippen molar-refractivity contribution in [3.05, 3.63) is 12.7 Å². The van der Waals surface area contributed by atoms with Crippen LogP contribution in [0.25, 0.3) is 0 Å². The van der Waals surface area contributed by atoms with E-state index >= 15 is 0 Å². The van der Waals surface area contributed by atoms with E-state index in [4.69, 9.17) is 5.11 Å². The van der Waals surface area contributed by atoms with Crippen LogP contribution in [0.3, 0.4) is 0 Å². The highest BCUT2D eigenvalue weighted by Crippen LogP contribution is 2.10. The molecular weight excluding hydrogens is 170 g/mol. The van der Waals surface area contributed by atoms with Crippen molar-refractivity contribution in [1.29, 1.82) is 0 Å². The summed E-state index contributed by atoms with van der Waals surface area (Å²) in [6.07, 6.45) is 1.62. The smallest absolute Gasteiger partial charge is 0.303 e. The summed E-state index contributed by atoms with van der Waals surface area (Å²) in [7, 11) is 0. The molecule has 0 aromatic carbocycles. The summed E-state index contributed by atoms with van der Waals surface area (Å²) in [5, 5.41) is 11.1. The lowest BCUT2D eigenvalue weighted by atomic mass is 9.98. The minimum Gasteiger partial charge on any atom is -0.481 e. The Bertz CT molecular complexity index is 221. The Balaban J connectivity index is 3.99. The molecule has 13 heavy (non-hydrogen) atoms. The van der Waals surface area contributed by atoms with Crippen LogP contribution in [0.1, 0.15) is 26.7 Å². The Kier molecular flexibility index (Phi) is 4.17. The first kappa shape index (κ1) is 11.7. The summed E-state index contributed by atoms with van der Waals surface area (Å²) in [5.41, 5.74) is -0.496. The van der Waals surface area contributed by atoms with Crippen molar-refractivity contribution < 1.29 is 14.7 Å². The van der Waals surface area contributed by atoms with Crippen LogP contribution in [-0.2, 0) is 9.59 Å². The summed E-state index contributed by atoms with van der Waals surface area (Å²) >= 11 is 0. The van der Waals surface area contributed by atoms with Crippen molar-refractivity contribution in [3.8, 4) is 0 Å². The number of hydrogen-bond acceptors (Lipinski definition) is 2. The standard InChI is InChI=1S/C9H15NO3/c1-4-7(11)10-9(2,3)6-5-8(12)13/h4H,1,5-6H2,2-3H3,(H,10,11)(H,12,13). The highest BCUT2D eigenvalue weighted by molar-refractivity contribution is 5.87. The molecule has 2 N–H and O–H groups in total. The van der Waals surface area contributed by atoms with Crippen molar-refractivity contribution in [1.82, 2.24) is 5.32 Å². The number of carbonyl (C=O) groups is 2. The van der Waals surface area contributed by atoms with Crippen LogP contribution in [0, 0.1) is 0 Å². The molecule has 0 aromatic heterocycles. The number of aliphatic carboxylic acids is 1. The zero-order chi connectivity index (χ0) is 10.5. The Labute approximate surface area is 77.6 Å². The Morgan fingerprint density at radius 2 is 2.08 bits per heavy atom. The minimum absolute atomic E-state index is 0.0461. The molecule has 0 aliphatic carbocycles. The van der Waals surface area contributed by atoms with E-state index in [1.165, 1.54) is 6.08 Å². The van der Waals surface area contributed by atoms with Crippen molar-refractivity contribution in [2.45, 2.75) is 32.2 Å². The van der Waals surface area contributed by atoms with Crippen molar-refractivity contribution in [2.24, 2.45) is 0 Å². The van der Waals surface area contributed by atoms with Crippen LogP contribution >= 0.6 is 0 Å². The number of carbonyl (C=O) groups excluding carboxylic acids is 1. The third kappa shape index (κ3) is 5.90. The lowest BCUT2D eigenvalue weighted by Crippen LogP contribution is -2.42. The van der Waals surface area contributed by atoms with Gasteiger partial charge in [-0.3, -0.25) is 9.59 Å². The van der Waals surface area contributed by atoms with Crippen molar-refractivity contribution in [3.63, 3.8) is 0 Å². The molecule has 0 aliphatic rings. The van der Waals surface area contributed by atoms with E-state index in [2.05, 4.69) is 11.9 Å². The third-order valence-electron chi connectivity index (χ3n) is 1.61. The van der Waals surface area contributed by atoms with Gasteiger partial charge in [0.25, 0.3) is 0 Å². The number of nitrogens with one attached hydrogen (secondary N) is 1. The second kappa shape index (κ2) is 4.64. The number of rotatable bonds is 5. The van der Waals surface area contributed by atoms with E-state index < -0.39 is 11.5 Å². The molecule has 0 aromatic rings. The minimum atomic E-state index is -0.860. The second-order valence-electron chi connectivity index (χ2n) is 3.47. The van der Waals surface area contributed by atoms with Crippen LogP contribution in [-0.4, -0.2) is 22.5 Å². The molecular formula is C9H15NO3. The van der Waals surface area contributed by atoms with Gasteiger partial charge in [0.05, 0.1) is 0 Å². The topological polar surface area (TPSA) is 66.4 Å². The predicted octanol–water partition coefficient (Wildman–Crippen LogP) is 0.932. The van der Waals surface area contributed by atoms with E-state index in [1.807, 2.05) is 0 Å². The van der Waals surface area contributed by atoms with Crippen LogP contribution in [0.4, 0.5) is 0 Å². The molecule has 0 fully saturated rings. The van der Waals surface area contributed by atoms with Gasteiger partial charge in [-0.1, -0.05) is 6.58 Å². The molecule has 4 nitrogen and oxygen atoms in total. The zero-order valence-electron chi connectivity index (χ0n) is 7.96.